The fourth-order valence-corrected chi connectivity index (χ4v) is 3.90. The third-order valence-corrected chi connectivity index (χ3v) is 5.71. The number of carbonyl (C=O) groups excluding carboxylic acids is 1. The minimum atomic E-state index is -3.59. The van der Waals surface area contributed by atoms with Gasteiger partial charge in [0.05, 0.1) is 11.9 Å². The van der Waals surface area contributed by atoms with Crippen LogP contribution in [0, 0.1) is 0 Å². The molecule has 2 heterocycles. The van der Waals surface area contributed by atoms with Gasteiger partial charge in [0.1, 0.15) is 5.82 Å². The maximum atomic E-state index is 12.1. The van der Waals surface area contributed by atoms with Gasteiger partial charge in [0.25, 0.3) is 0 Å². The number of nitrogens with one attached hydrogen (secondary N) is 2. The quantitative estimate of drug-likeness (QED) is 0.693. The highest BCUT2D eigenvalue weighted by Gasteiger charge is 2.12. The molecule has 1 fully saturated rings. The van der Waals surface area contributed by atoms with E-state index in [0.29, 0.717) is 5.69 Å². The van der Waals surface area contributed by atoms with E-state index in [9.17, 15) is 13.2 Å². The second kappa shape index (κ2) is 10.2. The first-order valence-electron chi connectivity index (χ1n) is 9.75. The molecule has 0 spiro atoms. The number of sulfonamides is 1. The van der Waals surface area contributed by atoms with E-state index >= 15 is 0 Å². The number of hydrogen-bond acceptors (Lipinski definition) is 5. The lowest BCUT2D eigenvalue weighted by atomic mass is 10.1. The van der Waals surface area contributed by atoms with E-state index in [0.717, 1.165) is 29.9 Å². The van der Waals surface area contributed by atoms with Crippen molar-refractivity contribution in [2.45, 2.75) is 25.7 Å². The number of anilines is 2. The summed E-state index contributed by atoms with van der Waals surface area (Å²) in [6, 6.07) is 12.9. The summed E-state index contributed by atoms with van der Waals surface area (Å²) in [7, 11) is -3.59. The van der Waals surface area contributed by atoms with Gasteiger partial charge in [-0.15, -0.1) is 0 Å². The van der Waals surface area contributed by atoms with Crippen LogP contribution in [0.25, 0.3) is 6.08 Å². The number of nitrogens with zero attached hydrogens (tertiary/aromatic N) is 2. The first-order valence-corrected chi connectivity index (χ1v) is 11.3. The minimum Gasteiger partial charge on any atom is -0.357 e. The molecule has 1 saturated heterocycles. The molecule has 1 amide bonds. The van der Waals surface area contributed by atoms with Gasteiger partial charge in [0.15, 0.2) is 0 Å². The Labute approximate surface area is 171 Å². The van der Waals surface area contributed by atoms with Gasteiger partial charge in [-0.25, -0.2) is 18.1 Å². The van der Waals surface area contributed by atoms with Gasteiger partial charge in [-0.05, 0) is 43.0 Å². The van der Waals surface area contributed by atoms with Crippen molar-refractivity contribution in [1.82, 2.24) is 9.71 Å². The Morgan fingerprint density at radius 2 is 1.83 bits per heavy atom. The van der Waals surface area contributed by atoms with E-state index in [1.54, 1.807) is 6.20 Å². The number of rotatable bonds is 8. The molecule has 1 aromatic heterocycles. The van der Waals surface area contributed by atoms with Crippen molar-refractivity contribution >= 4 is 33.5 Å². The van der Waals surface area contributed by atoms with E-state index in [4.69, 9.17) is 0 Å². The van der Waals surface area contributed by atoms with E-state index in [1.165, 1.54) is 25.3 Å². The Hall–Kier alpha value is -2.71. The van der Waals surface area contributed by atoms with Gasteiger partial charge in [-0.2, -0.15) is 0 Å². The topological polar surface area (TPSA) is 91.4 Å². The molecule has 3 rings (SSSR count). The van der Waals surface area contributed by atoms with Crippen molar-refractivity contribution in [1.29, 1.82) is 0 Å². The lowest BCUT2D eigenvalue weighted by Crippen LogP contribution is -2.30. The van der Waals surface area contributed by atoms with Gasteiger partial charge in [0, 0.05) is 31.5 Å². The normalized spacial score (nSPS) is 14.8. The number of piperidine rings is 1. The summed E-state index contributed by atoms with van der Waals surface area (Å²) >= 11 is 0. The van der Waals surface area contributed by atoms with E-state index < -0.39 is 10.0 Å². The highest BCUT2D eigenvalue weighted by Crippen LogP contribution is 2.19. The zero-order valence-electron chi connectivity index (χ0n) is 16.3. The maximum absolute atomic E-state index is 12.1. The zero-order valence-corrected chi connectivity index (χ0v) is 17.1. The Morgan fingerprint density at radius 1 is 1.07 bits per heavy atom. The van der Waals surface area contributed by atoms with Crippen molar-refractivity contribution in [3.05, 3.63) is 59.6 Å². The molecule has 1 aromatic carbocycles. The number of pyridine rings is 1. The molecular weight excluding hydrogens is 388 g/mol. The summed E-state index contributed by atoms with van der Waals surface area (Å²) in [5.41, 5.74) is 1.39. The Morgan fingerprint density at radius 3 is 2.52 bits per heavy atom. The molecule has 0 saturated carbocycles. The second-order valence-corrected chi connectivity index (χ2v) is 8.55. The van der Waals surface area contributed by atoms with E-state index in [-0.39, 0.29) is 18.9 Å². The molecule has 154 valence electrons. The number of carbonyl (C=O) groups is 1. The van der Waals surface area contributed by atoms with Crippen LogP contribution in [-0.4, -0.2) is 38.9 Å². The predicted molar refractivity (Wildman–Crippen MR) is 116 cm³/mol. The standard InChI is InChI=1S/C21H26N4O3S/c26-21(11-13-23-29(27,28)16-12-18-7-3-1-4-8-18)24-19-9-10-20(22-17-19)25-14-5-2-6-15-25/h1,3-4,7-10,12,16-17,23H,2,5-6,11,13-15H2,(H,24,26)/b16-12+. The average Bonchev–Trinajstić information content (AvgIpc) is 2.74. The number of benzene rings is 1. The van der Waals surface area contributed by atoms with Crippen LogP contribution in [0.3, 0.4) is 0 Å². The third-order valence-electron chi connectivity index (χ3n) is 4.61. The summed E-state index contributed by atoms with van der Waals surface area (Å²) in [5.74, 6) is 0.646. The molecule has 1 aliphatic heterocycles. The fourth-order valence-electron chi connectivity index (χ4n) is 3.08. The molecule has 0 bridgehead atoms. The summed E-state index contributed by atoms with van der Waals surface area (Å²) in [5, 5.41) is 3.84. The first kappa shape index (κ1) is 21.0. The molecule has 8 heteroatoms. The summed E-state index contributed by atoms with van der Waals surface area (Å²) in [4.78, 5) is 18.7. The lowest BCUT2D eigenvalue weighted by molar-refractivity contribution is -0.116. The monoisotopic (exact) mass is 414 g/mol. The van der Waals surface area contributed by atoms with Crippen LogP contribution in [0.15, 0.2) is 54.1 Å². The molecule has 0 atom stereocenters. The van der Waals surface area contributed by atoms with Crippen molar-refractivity contribution < 1.29 is 13.2 Å². The van der Waals surface area contributed by atoms with Gasteiger partial charge < -0.3 is 10.2 Å². The number of amides is 1. The van der Waals surface area contributed by atoms with Crippen molar-refractivity contribution in [2.24, 2.45) is 0 Å². The Kier molecular flexibility index (Phi) is 7.37. The average molecular weight is 415 g/mol. The Balaban J connectivity index is 1.43. The molecule has 0 radical (unpaired) electrons. The largest absolute Gasteiger partial charge is 0.357 e. The van der Waals surface area contributed by atoms with Crippen LogP contribution < -0.4 is 14.9 Å². The molecule has 0 unspecified atom stereocenters. The van der Waals surface area contributed by atoms with E-state index in [2.05, 4.69) is 19.9 Å². The van der Waals surface area contributed by atoms with Gasteiger partial charge in [-0.1, -0.05) is 30.3 Å². The van der Waals surface area contributed by atoms with Gasteiger partial charge >= 0.3 is 0 Å². The van der Waals surface area contributed by atoms with E-state index in [1.807, 2.05) is 42.5 Å². The van der Waals surface area contributed by atoms with Crippen LogP contribution in [0.4, 0.5) is 11.5 Å². The van der Waals surface area contributed by atoms with Crippen LogP contribution in [0.2, 0.25) is 0 Å². The van der Waals surface area contributed by atoms with Crippen LogP contribution >= 0.6 is 0 Å². The molecule has 7 nitrogen and oxygen atoms in total. The SMILES string of the molecule is O=C(CCNS(=O)(=O)/C=C/c1ccccc1)Nc1ccc(N2CCCCC2)nc1. The summed E-state index contributed by atoms with van der Waals surface area (Å²) < 4.78 is 26.4. The number of aromatic nitrogens is 1. The molecule has 0 aliphatic carbocycles. The zero-order chi connectivity index (χ0) is 20.5. The predicted octanol–water partition coefficient (Wildman–Crippen LogP) is 2.99. The first-order chi connectivity index (χ1) is 14.0. The highest BCUT2D eigenvalue weighted by atomic mass is 32.2. The van der Waals surface area contributed by atoms with Crippen LogP contribution in [0.5, 0.6) is 0 Å². The van der Waals surface area contributed by atoms with Crippen LogP contribution in [-0.2, 0) is 14.8 Å². The van der Waals surface area contributed by atoms with Gasteiger partial charge in [-0.3, -0.25) is 4.79 Å². The van der Waals surface area contributed by atoms with Gasteiger partial charge in [0.2, 0.25) is 15.9 Å². The molecule has 2 N–H and O–H groups in total. The van der Waals surface area contributed by atoms with Crippen molar-refractivity contribution in [2.75, 3.05) is 29.9 Å². The third kappa shape index (κ3) is 6.99. The highest BCUT2D eigenvalue weighted by molar-refractivity contribution is 7.92. The lowest BCUT2D eigenvalue weighted by Gasteiger charge is -2.27. The van der Waals surface area contributed by atoms with Crippen molar-refractivity contribution in [3.8, 4) is 0 Å². The second-order valence-electron chi connectivity index (χ2n) is 6.90. The van der Waals surface area contributed by atoms with Crippen molar-refractivity contribution in [3.63, 3.8) is 0 Å². The fraction of sp³-hybridized carbons (Fsp3) is 0.333. The maximum Gasteiger partial charge on any atom is 0.233 e. The summed E-state index contributed by atoms with van der Waals surface area (Å²) in [6.07, 6.45) is 6.79. The smallest absolute Gasteiger partial charge is 0.233 e. The minimum absolute atomic E-state index is 0.0204. The molecular formula is C21H26N4O3S. The summed E-state index contributed by atoms with van der Waals surface area (Å²) in [6.45, 7) is 2.04. The Bertz CT molecular complexity index is 922. The molecule has 1 aliphatic rings. The molecule has 29 heavy (non-hydrogen) atoms. The van der Waals surface area contributed by atoms with Crippen LogP contribution in [0.1, 0.15) is 31.2 Å². The molecule has 2 aromatic rings. The number of hydrogen-bond donors (Lipinski definition) is 2.